The van der Waals surface area contributed by atoms with Crippen LogP contribution < -0.4 is 9.80 Å². The van der Waals surface area contributed by atoms with Gasteiger partial charge >= 0.3 is 0 Å². The van der Waals surface area contributed by atoms with Crippen molar-refractivity contribution in [2.45, 2.75) is 45.6 Å². The summed E-state index contributed by atoms with van der Waals surface area (Å²) in [5, 5.41) is 10.6. The number of hydrogen-bond acceptors (Lipinski definition) is 6. The van der Waals surface area contributed by atoms with E-state index in [4.69, 9.17) is 4.98 Å². The molecular weight excluding hydrogens is 405 g/mol. The molecular formula is C25H30FN5O. The molecule has 2 aliphatic rings. The van der Waals surface area contributed by atoms with E-state index >= 15 is 0 Å². The van der Waals surface area contributed by atoms with Crippen LogP contribution in [0.1, 0.15) is 38.3 Å². The van der Waals surface area contributed by atoms with Gasteiger partial charge in [0.05, 0.1) is 11.6 Å². The van der Waals surface area contributed by atoms with Crippen molar-refractivity contribution in [1.82, 2.24) is 15.0 Å². The van der Waals surface area contributed by atoms with Gasteiger partial charge in [-0.15, -0.1) is 0 Å². The summed E-state index contributed by atoms with van der Waals surface area (Å²) in [4.78, 5) is 18.2. The third-order valence-corrected chi connectivity index (χ3v) is 7.02. The topological polar surface area (TPSA) is 65.4 Å². The smallest absolute Gasteiger partial charge is 0.140 e. The highest BCUT2D eigenvalue weighted by Gasteiger charge is 2.24. The van der Waals surface area contributed by atoms with Crippen molar-refractivity contribution >= 4 is 22.5 Å². The van der Waals surface area contributed by atoms with Crippen molar-refractivity contribution in [3.05, 3.63) is 42.1 Å². The molecule has 0 bridgehead atoms. The third-order valence-electron chi connectivity index (χ3n) is 7.02. The predicted octanol–water partition coefficient (Wildman–Crippen LogP) is 4.34. The Kier molecular flexibility index (Phi) is 5.67. The first-order valence-corrected chi connectivity index (χ1v) is 11.6. The van der Waals surface area contributed by atoms with Gasteiger partial charge in [-0.1, -0.05) is 13.3 Å². The second-order valence-electron chi connectivity index (χ2n) is 9.08. The number of rotatable bonds is 4. The lowest BCUT2D eigenvalue weighted by Crippen LogP contribution is -2.34. The fourth-order valence-electron chi connectivity index (χ4n) is 5.09. The number of halogens is 1. The van der Waals surface area contributed by atoms with Crippen molar-refractivity contribution in [3.63, 3.8) is 0 Å². The zero-order chi connectivity index (χ0) is 22.2. The molecule has 168 valence electrons. The van der Waals surface area contributed by atoms with Gasteiger partial charge < -0.3 is 14.9 Å². The number of aromatic nitrogens is 3. The van der Waals surface area contributed by atoms with Crippen LogP contribution >= 0.6 is 0 Å². The maximum absolute atomic E-state index is 14.8. The molecule has 1 unspecified atom stereocenters. The number of nitrogens with zero attached hydrogens (tertiary/aromatic N) is 5. The van der Waals surface area contributed by atoms with Crippen molar-refractivity contribution in [2.24, 2.45) is 5.92 Å². The predicted molar refractivity (Wildman–Crippen MR) is 126 cm³/mol. The van der Waals surface area contributed by atoms with E-state index in [1.807, 2.05) is 19.1 Å². The van der Waals surface area contributed by atoms with Gasteiger partial charge in [-0.05, 0) is 56.4 Å². The van der Waals surface area contributed by atoms with Crippen LogP contribution in [0.25, 0.3) is 22.0 Å². The molecule has 0 aliphatic carbocycles. The van der Waals surface area contributed by atoms with E-state index in [0.717, 1.165) is 84.2 Å². The first-order chi connectivity index (χ1) is 15.5. The average Bonchev–Trinajstić information content (AvgIpc) is 3.24. The van der Waals surface area contributed by atoms with Gasteiger partial charge in [-0.25, -0.2) is 19.3 Å². The van der Waals surface area contributed by atoms with Crippen molar-refractivity contribution in [3.8, 4) is 11.1 Å². The second-order valence-corrected chi connectivity index (χ2v) is 9.08. The second kappa shape index (κ2) is 8.62. The Morgan fingerprint density at radius 2 is 1.81 bits per heavy atom. The van der Waals surface area contributed by atoms with E-state index in [9.17, 15) is 9.50 Å². The summed E-state index contributed by atoms with van der Waals surface area (Å²) < 4.78 is 14.8. The van der Waals surface area contributed by atoms with Crippen molar-refractivity contribution < 1.29 is 9.50 Å². The van der Waals surface area contributed by atoms with Crippen LogP contribution in [0.2, 0.25) is 0 Å². The molecule has 5 rings (SSSR count). The van der Waals surface area contributed by atoms with Crippen LogP contribution in [0.15, 0.2) is 30.6 Å². The number of pyridine rings is 1. The number of anilines is 2. The SMILES string of the molecule is CCC1CCN(c2ncnc3c(-c4ccc(N5CCC(O)C5)nc4C)cc(F)cc23)CC1. The van der Waals surface area contributed by atoms with Gasteiger partial charge in [0, 0.05) is 48.4 Å². The Bertz CT molecular complexity index is 1130. The zero-order valence-electron chi connectivity index (χ0n) is 18.8. The minimum absolute atomic E-state index is 0.293. The highest BCUT2D eigenvalue weighted by molar-refractivity contribution is 5.99. The number of benzene rings is 1. The van der Waals surface area contributed by atoms with Crippen LogP contribution in [0.3, 0.4) is 0 Å². The lowest BCUT2D eigenvalue weighted by molar-refractivity contribution is 0.198. The number of aliphatic hydroxyl groups excluding tert-OH is 1. The molecule has 0 spiro atoms. The molecule has 7 heteroatoms. The zero-order valence-corrected chi connectivity index (χ0v) is 18.8. The number of piperidine rings is 1. The van der Waals surface area contributed by atoms with E-state index in [1.165, 1.54) is 6.42 Å². The summed E-state index contributed by atoms with van der Waals surface area (Å²) >= 11 is 0. The molecule has 2 aromatic heterocycles. The van der Waals surface area contributed by atoms with Gasteiger partial charge in [0.1, 0.15) is 23.8 Å². The van der Waals surface area contributed by atoms with Gasteiger partial charge in [0.25, 0.3) is 0 Å². The summed E-state index contributed by atoms with van der Waals surface area (Å²) in [6.07, 6.45) is 5.52. The van der Waals surface area contributed by atoms with Crippen LogP contribution in [-0.4, -0.2) is 52.3 Å². The Hall–Kier alpha value is -2.80. The van der Waals surface area contributed by atoms with E-state index in [2.05, 4.69) is 26.7 Å². The molecule has 2 saturated heterocycles. The Morgan fingerprint density at radius 1 is 1.03 bits per heavy atom. The number of hydrogen-bond donors (Lipinski definition) is 1. The number of β-amino-alcohol motifs (C(OH)–C–C–N with tert-alkyl or cyclic N) is 1. The van der Waals surface area contributed by atoms with Gasteiger partial charge in [0.2, 0.25) is 0 Å². The standard InChI is InChI=1S/C25H30FN5O/c1-3-17-6-9-30(10-7-17)25-22-13-18(26)12-21(24(22)27-15-28-25)20-4-5-23(29-16(20)2)31-11-8-19(32)14-31/h4-5,12-13,15,17,19,32H,3,6-11,14H2,1-2H3. The highest BCUT2D eigenvalue weighted by atomic mass is 19.1. The fraction of sp³-hybridized carbons (Fsp3) is 0.480. The summed E-state index contributed by atoms with van der Waals surface area (Å²) in [6, 6.07) is 7.05. The first-order valence-electron chi connectivity index (χ1n) is 11.6. The maximum Gasteiger partial charge on any atom is 0.140 e. The number of fused-ring (bicyclic) bond motifs is 1. The Balaban J connectivity index is 1.54. The Morgan fingerprint density at radius 3 is 2.50 bits per heavy atom. The van der Waals surface area contributed by atoms with Gasteiger partial charge in [0.15, 0.2) is 0 Å². The molecule has 0 amide bonds. The molecule has 1 N–H and O–H groups in total. The molecule has 3 aromatic rings. The minimum Gasteiger partial charge on any atom is -0.391 e. The lowest BCUT2D eigenvalue weighted by Gasteiger charge is -2.33. The van der Waals surface area contributed by atoms with Gasteiger partial charge in [-0.2, -0.15) is 0 Å². The molecule has 1 atom stereocenters. The summed E-state index contributed by atoms with van der Waals surface area (Å²) in [5.41, 5.74) is 3.18. The molecule has 1 aromatic carbocycles. The minimum atomic E-state index is -0.304. The first kappa shape index (κ1) is 21.1. The fourth-order valence-corrected chi connectivity index (χ4v) is 5.09. The van der Waals surface area contributed by atoms with Crippen molar-refractivity contribution in [1.29, 1.82) is 0 Å². The summed E-state index contributed by atoms with van der Waals surface area (Å²) in [5.74, 6) is 2.13. The monoisotopic (exact) mass is 435 g/mol. The van der Waals surface area contributed by atoms with Crippen LogP contribution in [-0.2, 0) is 0 Å². The quantitative estimate of drug-likeness (QED) is 0.658. The van der Waals surface area contributed by atoms with E-state index < -0.39 is 0 Å². The maximum atomic E-state index is 14.8. The lowest BCUT2D eigenvalue weighted by atomic mass is 9.94. The Labute approximate surface area is 188 Å². The average molecular weight is 436 g/mol. The molecule has 0 saturated carbocycles. The normalized spacial score (nSPS) is 19.8. The third kappa shape index (κ3) is 3.90. The van der Waals surface area contributed by atoms with Crippen LogP contribution in [0, 0.1) is 18.7 Å². The van der Waals surface area contributed by atoms with Crippen LogP contribution in [0.4, 0.5) is 16.0 Å². The number of aliphatic hydroxyl groups is 1. The van der Waals surface area contributed by atoms with Gasteiger partial charge in [-0.3, -0.25) is 0 Å². The number of aryl methyl sites for hydroxylation is 1. The largest absolute Gasteiger partial charge is 0.391 e. The van der Waals surface area contributed by atoms with Crippen LogP contribution in [0.5, 0.6) is 0 Å². The molecule has 6 nitrogen and oxygen atoms in total. The molecule has 4 heterocycles. The van der Waals surface area contributed by atoms with E-state index in [1.54, 1.807) is 18.5 Å². The summed E-state index contributed by atoms with van der Waals surface area (Å²) in [6.45, 7) is 7.46. The molecule has 2 aliphatic heterocycles. The summed E-state index contributed by atoms with van der Waals surface area (Å²) in [7, 11) is 0. The van der Waals surface area contributed by atoms with Crippen molar-refractivity contribution in [2.75, 3.05) is 36.0 Å². The molecule has 2 fully saturated rings. The molecule has 0 radical (unpaired) electrons. The van der Waals surface area contributed by atoms with E-state index in [-0.39, 0.29) is 11.9 Å². The van der Waals surface area contributed by atoms with E-state index in [0.29, 0.717) is 6.54 Å². The highest BCUT2D eigenvalue weighted by Crippen LogP contribution is 2.36. The molecule has 32 heavy (non-hydrogen) atoms.